The Morgan fingerprint density at radius 1 is 1.00 bits per heavy atom. The summed E-state index contributed by atoms with van der Waals surface area (Å²) in [6.07, 6.45) is 4.97. The zero-order valence-electron chi connectivity index (χ0n) is 17.6. The molecule has 0 spiro atoms. The van der Waals surface area contributed by atoms with Crippen LogP contribution in [0.5, 0.6) is 0 Å². The van der Waals surface area contributed by atoms with E-state index in [0.29, 0.717) is 35.8 Å². The molecule has 2 aromatic carbocycles. The molecule has 1 fully saturated rings. The van der Waals surface area contributed by atoms with Crippen molar-refractivity contribution in [3.8, 4) is 22.8 Å². The molecule has 1 amide bonds. The number of likely N-dealkylation sites (tertiary alicyclic amines) is 1. The van der Waals surface area contributed by atoms with E-state index in [-0.39, 0.29) is 11.7 Å². The molecular formula is C23H23FN6O2. The van der Waals surface area contributed by atoms with Gasteiger partial charge in [0, 0.05) is 30.6 Å². The quantitative estimate of drug-likeness (QED) is 0.470. The number of hydrogen-bond donors (Lipinski definition) is 0. The normalized spacial score (nSPS) is 14.6. The molecule has 1 aliphatic rings. The van der Waals surface area contributed by atoms with Gasteiger partial charge in [-0.1, -0.05) is 23.2 Å². The van der Waals surface area contributed by atoms with Crippen molar-refractivity contribution in [3.63, 3.8) is 0 Å². The fraction of sp³-hybridized carbons (Fsp3) is 0.348. The smallest absolute Gasteiger partial charge is 0.258 e. The summed E-state index contributed by atoms with van der Waals surface area (Å²) in [4.78, 5) is 19.0. The number of carbonyl (C=O) groups is 1. The van der Waals surface area contributed by atoms with Crippen molar-refractivity contribution in [1.29, 1.82) is 0 Å². The van der Waals surface area contributed by atoms with E-state index in [1.807, 2.05) is 23.1 Å². The summed E-state index contributed by atoms with van der Waals surface area (Å²) in [5, 5.41) is 12.5. The zero-order chi connectivity index (χ0) is 21.9. The molecule has 0 N–H and O–H groups in total. The van der Waals surface area contributed by atoms with E-state index >= 15 is 0 Å². The lowest BCUT2D eigenvalue weighted by Gasteiger charge is -2.20. The van der Waals surface area contributed by atoms with Crippen LogP contribution in [0.15, 0.2) is 47.0 Å². The van der Waals surface area contributed by atoms with Crippen LogP contribution >= 0.6 is 0 Å². The Hall–Kier alpha value is -3.62. The number of rotatable bonds is 5. The predicted molar refractivity (Wildman–Crippen MR) is 116 cm³/mol. The molecule has 5 rings (SSSR count). The Balaban J connectivity index is 1.30. The van der Waals surface area contributed by atoms with Gasteiger partial charge >= 0.3 is 0 Å². The van der Waals surface area contributed by atoms with Gasteiger partial charge in [0.15, 0.2) is 0 Å². The highest BCUT2D eigenvalue weighted by Crippen LogP contribution is 2.25. The first-order valence-corrected chi connectivity index (χ1v) is 10.9. The van der Waals surface area contributed by atoms with Gasteiger partial charge in [-0.3, -0.25) is 4.79 Å². The summed E-state index contributed by atoms with van der Waals surface area (Å²) in [5.74, 6) is 0.579. The van der Waals surface area contributed by atoms with Crippen LogP contribution in [-0.4, -0.2) is 49.0 Å². The van der Waals surface area contributed by atoms with Crippen molar-refractivity contribution in [2.75, 3.05) is 13.1 Å². The van der Waals surface area contributed by atoms with Crippen LogP contribution in [0, 0.1) is 5.82 Å². The van der Waals surface area contributed by atoms with Gasteiger partial charge in [-0.25, -0.2) is 9.07 Å². The van der Waals surface area contributed by atoms with Crippen molar-refractivity contribution in [2.24, 2.45) is 0 Å². The summed E-state index contributed by atoms with van der Waals surface area (Å²) in [5.41, 5.74) is 2.92. The molecule has 1 saturated heterocycles. The largest absolute Gasteiger partial charge is 0.343 e. The number of benzene rings is 2. The molecule has 32 heavy (non-hydrogen) atoms. The number of aryl methyl sites for hydroxylation is 1. The highest BCUT2D eigenvalue weighted by atomic mass is 19.1. The summed E-state index contributed by atoms with van der Waals surface area (Å²) < 4.78 is 20.2. The highest BCUT2D eigenvalue weighted by molar-refractivity contribution is 5.80. The van der Waals surface area contributed by atoms with Gasteiger partial charge in [0.25, 0.3) is 5.89 Å². The van der Waals surface area contributed by atoms with Gasteiger partial charge in [0.2, 0.25) is 11.7 Å². The van der Waals surface area contributed by atoms with Crippen LogP contribution in [0.2, 0.25) is 0 Å². The Kier molecular flexibility index (Phi) is 5.62. The fourth-order valence-corrected chi connectivity index (χ4v) is 4.01. The molecule has 8 nitrogen and oxygen atoms in total. The van der Waals surface area contributed by atoms with E-state index < -0.39 is 0 Å². The number of carbonyl (C=O) groups excluding carboxylic acids is 1. The van der Waals surface area contributed by atoms with E-state index in [2.05, 4.69) is 20.5 Å². The molecule has 0 atom stereocenters. The van der Waals surface area contributed by atoms with Gasteiger partial charge in [-0.2, -0.15) is 4.98 Å². The number of halogens is 1. The second-order valence-corrected chi connectivity index (χ2v) is 7.99. The maximum atomic E-state index is 13.1. The van der Waals surface area contributed by atoms with Crippen molar-refractivity contribution in [3.05, 3.63) is 48.3 Å². The first kappa shape index (κ1) is 20.3. The molecule has 4 aromatic rings. The molecule has 9 heteroatoms. The number of hydrogen-bond acceptors (Lipinski definition) is 6. The summed E-state index contributed by atoms with van der Waals surface area (Å²) in [6, 6.07) is 11.5. The van der Waals surface area contributed by atoms with Crippen molar-refractivity contribution >= 4 is 16.9 Å². The maximum Gasteiger partial charge on any atom is 0.258 e. The maximum absolute atomic E-state index is 13.1. The van der Waals surface area contributed by atoms with Crippen LogP contribution < -0.4 is 0 Å². The molecule has 1 aliphatic heterocycles. The first-order valence-electron chi connectivity index (χ1n) is 10.9. The third-order valence-electron chi connectivity index (χ3n) is 5.79. The third-order valence-corrected chi connectivity index (χ3v) is 5.79. The Bertz CT molecular complexity index is 1230. The van der Waals surface area contributed by atoms with E-state index in [4.69, 9.17) is 4.52 Å². The molecule has 3 heterocycles. The lowest BCUT2D eigenvalue weighted by Crippen LogP contribution is -2.32. The topological polar surface area (TPSA) is 89.9 Å². The highest BCUT2D eigenvalue weighted by Gasteiger charge is 2.17. The minimum atomic E-state index is -0.324. The van der Waals surface area contributed by atoms with E-state index in [0.717, 1.165) is 37.0 Å². The van der Waals surface area contributed by atoms with E-state index in [1.165, 1.54) is 25.0 Å². The molecular weight excluding hydrogens is 411 g/mol. The summed E-state index contributed by atoms with van der Waals surface area (Å²) in [7, 11) is 0. The molecule has 164 valence electrons. The van der Waals surface area contributed by atoms with Crippen LogP contribution in [0.25, 0.3) is 33.9 Å². The van der Waals surface area contributed by atoms with Crippen LogP contribution in [0.3, 0.4) is 0 Å². The van der Waals surface area contributed by atoms with Gasteiger partial charge in [0.05, 0.1) is 12.1 Å². The number of fused-ring (bicyclic) bond motifs is 1. The average molecular weight is 434 g/mol. The lowest BCUT2D eigenvalue weighted by molar-refractivity contribution is -0.131. The fourth-order valence-electron chi connectivity index (χ4n) is 4.01. The Morgan fingerprint density at radius 3 is 2.53 bits per heavy atom. The Morgan fingerprint density at radius 2 is 1.75 bits per heavy atom. The standard InChI is InChI=1S/C23H23FN6O2/c24-18-8-5-16(6-9-18)23-25-22(27-32-23)17-7-10-20-19(15-17)26-28-30(20)14-11-21(31)29-12-3-1-2-4-13-29/h5-10,15H,1-4,11-14H2. The van der Waals surface area contributed by atoms with Crippen molar-refractivity contribution < 1.29 is 13.7 Å². The first-order chi connectivity index (χ1) is 15.7. The predicted octanol–water partition coefficient (Wildman–Crippen LogP) is 4.08. The summed E-state index contributed by atoms with van der Waals surface area (Å²) in [6.45, 7) is 2.19. The Labute approximate surface area is 184 Å². The summed E-state index contributed by atoms with van der Waals surface area (Å²) >= 11 is 0. The SMILES string of the molecule is O=C(CCn1nnc2cc(-c3noc(-c4ccc(F)cc4)n3)ccc21)N1CCCCCC1. The number of aromatic nitrogens is 5. The lowest BCUT2D eigenvalue weighted by atomic mass is 10.2. The average Bonchev–Trinajstić information content (AvgIpc) is 3.37. The number of amides is 1. The second kappa shape index (κ2) is 8.86. The van der Waals surface area contributed by atoms with Crippen LogP contribution in [-0.2, 0) is 11.3 Å². The molecule has 0 saturated carbocycles. The molecule has 0 unspecified atom stereocenters. The molecule has 0 aliphatic carbocycles. The van der Waals surface area contributed by atoms with Crippen LogP contribution in [0.4, 0.5) is 4.39 Å². The minimum Gasteiger partial charge on any atom is -0.343 e. The third kappa shape index (κ3) is 4.23. The van der Waals surface area contributed by atoms with Crippen molar-refractivity contribution in [1.82, 2.24) is 30.0 Å². The van der Waals surface area contributed by atoms with Crippen molar-refractivity contribution in [2.45, 2.75) is 38.6 Å². The van der Waals surface area contributed by atoms with Gasteiger partial charge < -0.3 is 9.42 Å². The minimum absolute atomic E-state index is 0.173. The number of nitrogens with zero attached hydrogens (tertiary/aromatic N) is 6. The van der Waals surface area contributed by atoms with Gasteiger partial charge in [0.1, 0.15) is 11.3 Å². The second-order valence-electron chi connectivity index (χ2n) is 7.99. The van der Waals surface area contributed by atoms with E-state index in [9.17, 15) is 9.18 Å². The van der Waals surface area contributed by atoms with E-state index in [1.54, 1.807) is 16.8 Å². The monoisotopic (exact) mass is 434 g/mol. The van der Waals surface area contributed by atoms with Gasteiger partial charge in [-0.05, 0) is 55.3 Å². The molecule has 0 radical (unpaired) electrons. The zero-order valence-corrected chi connectivity index (χ0v) is 17.6. The molecule has 2 aromatic heterocycles. The molecule has 0 bridgehead atoms. The van der Waals surface area contributed by atoms with Gasteiger partial charge in [-0.15, -0.1) is 5.10 Å². The van der Waals surface area contributed by atoms with Crippen LogP contribution in [0.1, 0.15) is 32.1 Å².